The van der Waals surface area contributed by atoms with Gasteiger partial charge in [-0.1, -0.05) is 54.1 Å². The molecule has 3 aromatic rings. The van der Waals surface area contributed by atoms with E-state index in [-0.39, 0.29) is 23.8 Å². The maximum Gasteiger partial charge on any atom is 0.243 e. The summed E-state index contributed by atoms with van der Waals surface area (Å²) in [5.74, 6) is -0.729. The van der Waals surface area contributed by atoms with Gasteiger partial charge in [-0.15, -0.1) is 0 Å². The average molecular weight is 453 g/mol. The smallest absolute Gasteiger partial charge is 0.243 e. The number of carbonyl (C=O) groups is 1. The van der Waals surface area contributed by atoms with Crippen LogP contribution in [0.5, 0.6) is 0 Å². The maximum atomic E-state index is 13.4. The molecule has 0 spiro atoms. The van der Waals surface area contributed by atoms with Gasteiger partial charge in [0.2, 0.25) is 15.9 Å². The van der Waals surface area contributed by atoms with Crippen LogP contribution in [0.15, 0.2) is 77.7 Å². The van der Waals surface area contributed by atoms with E-state index in [0.29, 0.717) is 13.0 Å². The van der Waals surface area contributed by atoms with Gasteiger partial charge in [-0.3, -0.25) is 4.79 Å². The number of sulfonamides is 1. The number of hydrogen-bond acceptors (Lipinski definition) is 3. The van der Waals surface area contributed by atoms with Crippen LogP contribution in [-0.4, -0.2) is 25.2 Å². The van der Waals surface area contributed by atoms with Crippen LogP contribution in [-0.2, 0) is 27.8 Å². The number of rotatable bonds is 6. The molecule has 5 nitrogen and oxygen atoms in total. The molecule has 0 bridgehead atoms. The quantitative estimate of drug-likeness (QED) is 0.612. The summed E-state index contributed by atoms with van der Waals surface area (Å²) in [7, 11) is -3.90. The molecular formula is C25H25FN2O3S. The van der Waals surface area contributed by atoms with Crippen LogP contribution in [0.1, 0.15) is 34.7 Å². The van der Waals surface area contributed by atoms with Crippen LogP contribution in [0, 0.1) is 12.7 Å². The van der Waals surface area contributed by atoms with Crippen LogP contribution >= 0.6 is 0 Å². The van der Waals surface area contributed by atoms with E-state index >= 15 is 0 Å². The van der Waals surface area contributed by atoms with E-state index in [1.165, 1.54) is 16.4 Å². The number of nitrogens with one attached hydrogen (secondary N) is 1. The predicted molar refractivity (Wildman–Crippen MR) is 121 cm³/mol. The van der Waals surface area contributed by atoms with Gasteiger partial charge in [0.25, 0.3) is 0 Å². The third-order valence-electron chi connectivity index (χ3n) is 5.73. The van der Waals surface area contributed by atoms with Crippen LogP contribution in [0.3, 0.4) is 0 Å². The summed E-state index contributed by atoms with van der Waals surface area (Å²) in [5.41, 5.74) is 3.96. The third-order valence-corrected chi connectivity index (χ3v) is 7.66. The van der Waals surface area contributed by atoms with Crippen molar-refractivity contribution in [1.82, 2.24) is 9.62 Å². The van der Waals surface area contributed by atoms with Gasteiger partial charge in [0.05, 0.1) is 10.9 Å². The Hall–Kier alpha value is -3.03. The molecule has 0 aromatic heterocycles. The molecule has 0 radical (unpaired) electrons. The molecule has 4 rings (SSSR count). The lowest BCUT2D eigenvalue weighted by molar-refractivity contribution is -0.122. The van der Waals surface area contributed by atoms with Crippen molar-refractivity contribution in [1.29, 1.82) is 0 Å². The first-order chi connectivity index (χ1) is 15.3. The van der Waals surface area contributed by atoms with E-state index in [2.05, 4.69) is 5.32 Å². The van der Waals surface area contributed by atoms with Gasteiger partial charge in [-0.25, -0.2) is 12.8 Å². The van der Waals surface area contributed by atoms with E-state index in [4.69, 9.17) is 0 Å². The third kappa shape index (κ3) is 4.74. The van der Waals surface area contributed by atoms with Crippen LogP contribution in [0.2, 0.25) is 0 Å². The maximum absolute atomic E-state index is 13.4. The SMILES string of the molecule is Cc1cccc(CNC(=O)C[C@@H]2c3ccccc3CCN2S(=O)(=O)c2ccc(F)cc2)c1. The van der Waals surface area contributed by atoms with Gasteiger partial charge in [0.1, 0.15) is 5.82 Å². The van der Waals surface area contributed by atoms with Gasteiger partial charge >= 0.3 is 0 Å². The fraction of sp³-hybridized carbons (Fsp3) is 0.240. The monoisotopic (exact) mass is 452 g/mol. The molecule has 1 amide bonds. The summed E-state index contributed by atoms with van der Waals surface area (Å²) in [6, 6.07) is 19.6. The van der Waals surface area contributed by atoms with Crippen molar-refractivity contribution in [3.63, 3.8) is 0 Å². The normalized spacial score (nSPS) is 16.4. The van der Waals surface area contributed by atoms with Gasteiger partial charge in [-0.05, 0) is 54.3 Å². The molecule has 0 fully saturated rings. The number of carbonyl (C=O) groups excluding carboxylic acids is 1. The molecule has 32 heavy (non-hydrogen) atoms. The molecule has 7 heteroatoms. The summed E-state index contributed by atoms with van der Waals surface area (Å²) >= 11 is 0. The first-order valence-corrected chi connectivity index (χ1v) is 12.0. The molecule has 1 heterocycles. The molecule has 0 unspecified atom stereocenters. The second-order valence-electron chi connectivity index (χ2n) is 8.00. The Bertz CT molecular complexity index is 1230. The molecule has 0 aliphatic carbocycles. The van der Waals surface area contributed by atoms with Crippen molar-refractivity contribution in [3.8, 4) is 0 Å². The van der Waals surface area contributed by atoms with Gasteiger partial charge in [0.15, 0.2) is 0 Å². The lowest BCUT2D eigenvalue weighted by atomic mass is 9.92. The second-order valence-corrected chi connectivity index (χ2v) is 9.89. The van der Waals surface area contributed by atoms with Gasteiger partial charge in [-0.2, -0.15) is 4.31 Å². The molecule has 1 aliphatic heterocycles. The number of amides is 1. The summed E-state index contributed by atoms with van der Waals surface area (Å²) in [6.07, 6.45) is 0.557. The minimum absolute atomic E-state index is 0.00323. The van der Waals surface area contributed by atoms with E-state index < -0.39 is 21.9 Å². The Balaban J connectivity index is 1.59. The lowest BCUT2D eigenvalue weighted by Crippen LogP contribution is -2.42. The van der Waals surface area contributed by atoms with Crippen molar-refractivity contribution in [2.45, 2.75) is 37.2 Å². The highest BCUT2D eigenvalue weighted by Gasteiger charge is 2.37. The van der Waals surface area contributed by atoms with Crippen LogP contribution in [0.25, 0.3) is 0 Å². The Kier molecular flexibility index (Phi) is 6.39. The Morgan fingerprint density at radius 2 is 1.81 bits per heavy atom. The minimum atomic E-state index is -3.90. The second kappa shape index (κ2) is 9.22. The first-order valence-electron chi connectivity index (χ1n) is 10.5. The molecule has 1 aliphatic rings. The number of benzene rings is 3. The summed E-state index contributed by atoms with van der Waals surface area (Å²) < 4.78 is 41.5. The van der Waals surface area contributed by atoms with E-state index in [1.54, 1.807) is 0 Å². The minimum Gasteiger partial charge on any atom is -0.352 e. The fourth-order valence-corrected chi connectivity index (χ4v) is 5.75. The molecule has 0 saturated heterocycles. The Morgan fingerprint density at radius 3 is 2.56 bits per heavy atom. The Labute approximate surface area is 187 Å². The van der Waals surface area contributed by atoms with Gasteiger partial charge in [0, 0.05) is 19.5 Å². The zero-order chi connectivity index (χ0) is 22.7. The number of hydrogen-bond donors (Lipinski definition) is 1. The molecule has 3 aromatic carbocycles. The number of halogens is 1. The fourth-order valence-electron chi connectivity index (χ4n) is 4.14. The van der Waals surface area contributed by atoms with E-state index in [0.717, 1.165) is 34.4 Å². The number of fused-ring (bicyclic) bond motifs is 1. The van der Waals surface area contributed by atoms with Gasteiger partial charge < -0.3 is 5.32 Å². The largest absolute Gasteiger partial charge is 0.352 e. The first kappa shape index (κ1) is 22.2. The molecule has 1 N–H and O–H groups in total. The Morgan fingerprint density at radius 1 is 1.06 bits per heavy atom. The predicted octanol–water partition coefficient (Wildman–Crippen LogP) is 4.13. The molecule has 166 valence electrons. The van der Waals surface area contributed by atoms with E-state index in [1.807, 2.05) is 55.5 Å². The van der Waals surface area contributed by atoms with Crippen LogP contribution < -0.4 is 5.32 Å². The lowest BCUT2D eigenvalue weighted by Gasteiger charge is -2.36. The summed E-state index contributed by atoms with van der Waals surface area (Å²) in [4.78, 5) is 12.9. The molecule has 0 saturated carbocycles. The number of nitrogens with zero attached hydrogens (tertiary/aromatic N) is 1. The summed E-state index contributed by atoms with van der Waals surface area (Å²) in [5, 5.41) is 2.91. The van der Waals surface area contributed by atoms with Crippen molar-refractivity contribution in [3.05, 3.63) is 101 Å². The van der Waals surface area contributed by atoms with Crippen molar-refractivity contribution >= 4 is 15.9 Å². The zero-order valence-electron chi connectivity index (χ0n) is 17.8. The van der Waals surface area contributed by atoms with Crippen LogP contribution in [0.4, 0.5) is 4.39 Å². The standard InChI is InChI=1S/C25H25FN2O3S/c1-18-5-4-6-19(15-18)17-27-25(29)16-24-23-8-3-2-7-20(23)13-14-28(24)32(30,31)22-11-9-21(26)10-12-22/h2-12,15,24H,13-14,16-17H2,1H3,(H,27,29)/t24-/m1/s1. The van der Waals surface area contributed by atoms with E-state index in [9.17, 15) is 17.6 Å². The van der Waals surface area contributed by atoms with Crippen molar-refractivity contribution in [2.75, 3.05) is 6.54 Å². The molecule has 1 atom stereocenters. The highest BCUT2D eigenvalue weighted by molar-refractivity contribution is 7.89. The highest BCUT2D eigenvalue weighted by Crippen LogP contribution is 2.36. The average Bonchev–Trinajstić information content (AvgIpc) is 2.78. The topological polar surface area (TPSA) is 66.5 Å². The zero-order valence-corrected chi connectivity index (χ0v) is 18.6. The van der Waals surface area contributed by atoms with Crippen molar-refractivity contribution in [2.24, 2.45) is 0 Å². The highest BCUT2D eigenvalue weighted by atomic mass is 32.2. The van der Waals surface area contributed by atoms with Crippen molar-refractivity contribution < 1.29 is 17.6 Å². The number of aryl methyl sites for hydroxylation is 1. The summed E-state index contributed by atoms with van der Waals surface area (Å²) in [6.45, 7) is 2.62. The molecular weight excluding hydrogens is 427 g/mol.